The van der Waals surface area contributed by atoms with Gasteiger partial charge in [-0.2, -0.15) is 5.01 Å². The molecule has 35 heavy (non-hydrogen) atoms. The smallest absolute Gasteiger partial charge is 0.324 e. The van der Waals surface area contributed by atoms with Crippen LogP contribution in [0.15, 0.2) is 81.0 Å². The maximum atomic E-state index is 13.3. The highest BCUT2D eigenvalue weighted by Gasteiger charge is 2.32. The Labute approximate surface area is 206 Å². The first-order chi connectivity index (χ1) is 17.0. The fourth-order valence-corrected chi connectivity index (χ4v) is 3.98. The van der Waals surface area contributed by atoms with Crippen LogP contribution in [0.5, 0.6) is 5.75 Å². The zero-order valence-corrected chi connectivity index (χ0v) is 20.3. The standard InChI is InChI=1S/C24H24N6O4S/c1-4-33-20-13-9-8-10-17(20)14-19-23(32)30(18-11-6-5-7-12-18)24(25-19)35-16-21(31)26-22-15-29(27-34-22)28(2)3/h5-15H,4,16H2,1-3H3/b19-14+. The molecule has 2 heterocycles. The largest absolute Gasteiger partial charge is 0.861 e. The summed E-state index contributed by atoms with van der Waals surface area (Å²) in [5.41, 5.74) is 1.64. The van der Waals surface area contributed by atoms with Gasteiger partial charge < -0.3 is 9.84 Å². The Morgan fingerprint density at radius 1 is 1.23 bits per heavy atom. The molecular formula is C24H24N6O4S. The summed E-state index contributed by atoms with van der Waals surface area (Å²) in [6.07, 6.45) is 3.18. The van der Waals surface area contributed by atoms with Crippen molar-refractivity contribution in [1.29, 1.82) is 0 Å². The summed E-state index contributed by atoms with van der Waals surface area (Å²) in [4.78, 5) is 24.7. The Morgan fingerprint density at radius 2 is 1.97 bits per heavy atom. The van der Waals surface area contributed by atoms with Gasteiger partial charge in [0, 0.05) is 11.3 Å². The minimum absolute atomic E-state index is 0.0408. The number of hydrogen-bond acceptors (Lipinski definition) is 9. The Hall–Kier alpha value is -4.12. The van der Waals surface area contributed by atoms with E-state index in [0.717, 1.165) is 17.3 Å². The molecule has 1 amide bonds. The van der Waals surface area contributed by atoms with Crippen molar-refractivity contribution < 1.29 is 24.0 Å². The van der Waals surface area contributed by atoms with Gasteiger partial charge in [0.1, 0.15) is 11.4 Å². The lowest BCUT2D eigenvalue weighted by Crippen LogP contribution is -2.53. The number of aliphatic imine (C=N–C) groups is 2. The third-order valence-corrected chi connectivity index (χ3v) is 5.69. The second-order valence-electron chi connectivity index (χ2n) is 7.47. The summed E-state index contributed by atoms with van der Waals surface area (Å²) >= 11 is 1.12. The number of para-hydroxylation sites is 2. The van der Waals surface area contributed by atoms with Crippen molar-refractivity contribution in [2.45, 2.75) is 6.92 Å². The molecule has 1 aliphatic rings. The molecule has 0 spiro atoms. The van der Waals surface area contributed by atoms with Crippen molar-refractivity contribution >= 4 is 46.4 Å². The van der Waals surface area contributed by atoms with Gasteiger partial charge in [-0.05, 0) is 37.1 Å². The second kappa shape index (κ2) is 10.9. The van der Waals surface area contributed by atoms with Gasteiger partial charge in [0.05, 0.1) is 31.2 Å². The predicted molar refractivity (Wildman–Crippen MR) is 133 cm³/mol. The fourth-order valence-electron chi connectivity index (χ4n) is 3.18. The van der Waals surface area contributed by atoms with Crippen molar-refractivity contribution in [2.24, 2.45) is 9.98 Å². The molecule has 0 aliphatic carbocycles. The van der Waals surface area contributed by atoms with E-state index in [1.807, 2.05) is 61.5 Å². The molecule has 1 aromatic heterocycles. The SMILES string of the molecule is CCOc1ccccc1/C=C1/N=C(SC/C([O-])=N\c2c[n+](N(C)C)no2)N(c2ccccc2)C1=O. The first-order valence-corrected chi connectivity index (χ1v) is 11.8. The molecular weight excluding hydrogens is 468 g/mol. The summed E-state index contributed by atoms with van der Waals surface area (Å²) in [6.45, 7) is 2.40. The van der Waals surface area contributed by atoms with Gasteiger partial charge in [-0.25, -0.2) is 9.98 Å². The lowest BCUT2D eigenvalue weighted by atomic mass is 10.1. The molecule has 0 fully saturated rings. The van der Waals surface area contributed by atoms with E-state index in [1.54, 1.807) is 25.2 Å². The molecule has 0 saturated heterocycles. The Bertz CT molecular complexity index is 1290. The summed E-state index contributed by atoms with van der Waals surface area (Å²) in [7, 11) is 3.55. The average Bonchev–Trinajstić information content (AvgIpc) is 3.44. The minimum atomic E-state index is -0.445. The van der Waals surface area contributed by atoms with E-state index in [0.29, 0.717) is 23.2 Å². The van der Waals surface area contributed by atoms with Crippen molar-refractivity contribution in [2.75, 3.05) is 36.4 Å². The topological polar surface area (TPSA) is 110 Å². The average molecular weight is 493 g/mol. The van der Waals surface area contributed by atoms with E-state index in [2.05, 4.69) is 15.3 Å². The molecule has 0 saturated carbocycles. The molecule has 3 aromatic rings. The summed E-state index contributed by atoms with van der Waals surface area (Å²) in [6, 6.07) is 16.6. The van der Waals surface area contributed by atoms with Crippen LogP contribution in [-0.4, -0.2) is 48.7 Å². The zero-order valence-electron chi connectivity index (χ0n) is 19.5. The van der Waals surface area contributed by atoms with Gasteiger partial charge in [0.15, 0.2) is 5.17 Å². The Morgan fingerprint density at radius 3 is 2.69 bits per heavy atom. The van der Waals surface area contributed by atoms with Crippen LogP contribution in [0.1, 0.15) is 12.5 Å². The number of anilines is 1. The van der Waals surface area contributed by atoms with Crippen LogP contribution in [0, 0.1) is 0 Å². The van der Waals surface area contributed by atoms with Crippen LogP contribution in [0.3, 0.4) is 0 Å². The van der Waals surface area contributed by atoms with Crippen LogP contribution in [0.4, 0.5) is 11.6 Å². The number of rotatable bonds is 8. The maximum absolute atomic E-state index is 13.3. The normalized spacial score (nSPS) is 15.0. The van der Waals surface area contributed by atoms with Crippen LogP contribution >= 0.6 is 11.8 Å². The molecule has 11 heteroatoms. The number of thioether (sulfide) groups is 1. The van der Waals surface area contributed by atoms with Crippen molar-refractivity contribution in [3.63, 3.8) is 0 Å². The maximum Gasteiger partial charge on any atom is 0.324 e. The number of carbonyl (C=O) groups excluding carboxylic acids is 1. The monoisotopic (exact) mass is 492 g/mol. The lowest BCUT2D eigenvalue weighted by Gasteiger charge is -2.18. The predicted octanol–water partition coefficient (Wildman–Crippen LogP) is 2.13. The molecule has 10 nitrogen and oxygen atoms in total. The molecule has 4 rings (SSSR count). The van der Waals surface area contributed by atoms with Gasteiger partial charge in [0.25, 0.3) is 12.1 Å². The number of amides is 1. The fraction of sp³-hybridized carbons (Fsp3) is 0.208. The number of aromatic nitrogens is 2. The minimum Gasteiger partial charge on any atom is -0.861 e. The number of amidine groups is 1. The van der Waals surface area contributed by atoms with Gasteiger partial charge in [-0.3, -0.25) is 14.2 Å². The van der Waals surface area contributed by atoms with Crippen LogP contribution in [-0.2, 0) is 4.79 Å². The molecule has 0 atom stereocenters. The Kier molecular flexibility index (Phi) is 7.46. The van der Waals surface area contributed by atoms with Crippen molar-refractivity contribution in [1.82, 2.24) is 5.27 Å². The molecule has 180 valence electrons. The molecule has 1 aliphatic heterocycles. The highest BCUT2D eigenvalue weighted by molar-refractivity contribution is 8.14. The van der Waals surface area contributed by atoms with E-state index in [4.69, 9.17) is 9.26 Å². The number of carbonyl (C=O) groups is 1. The molecule has 0 unspecified atom stereocenters. The molecule has 0 radical (unpaired) electrons. The van der Waals surface area contributed by atoms with E-state index in [-0.39, 0.29) is 23.2 Å². The number of ether oxygens (including phenoxy) is 1. The zero-order chi connectivity index (χ0) is 24.8. The van der Waals surface area contributed by atoms with Gasteiger partial charge in [-0.15, -0.1) is 0 Å². The summed E-state index contributed by atoms with van der Waals surface area (Å²) in [5.74, 6) is -0.0346. The van der Waals surface area contributed by atoms with E-state index < -0.39 is 5.90 Å². The van der Waals surface area contributed by atoms with Crippen LogP contribution < -0.4 is 24.5 Å². The van der Waals surface area contributed by atoms with Gasteiger partial charge in [0.2, 0.25) is 5.27 Å². The molecule has 2 aromatic carbocycles. The van der Waals surface area contributed by atoms with E-state index in [9.17, 15) is 9.90 Å². The third-order valence-electron chi connectivity index (χ3n) is 4.77. The quantitative estimate of drug-likeness (QED) is 0.205. The van der Waals surface area contributed by atoms with Crippen molar-refractivity contribution in [3.8, 4) is 5.75 Å². The lowest BCUT2D eigenvalue weighted by molar-refractivity contribution is -0.753. The molecule has 0 N–H and O–H groups in total. The summed E-state index contributed by atoms with van der Waals surface area (Å²) < 4.78 is 10.7. The first-order valence-electron chi connectivity index (χ1n) is 10.8. The van der Waals surface area contributed by atoms with E-state index >= 15 is 0 Å². The van der Waals surface area contributed by atoms with E-state index in [1.165, 1.54) is 15.9 Å². The number of hydrogen-bond donors (Lipinski definition) is 0. The third kappa shape index (κ3) is 5.69. The highest BCUT2D eigenvalue weighted by atomic mass is 32.2. The number of nitrogens with zero attached hydrogens (tertiary/aromatic N) is 6. The van der Waals surface area contributed by atoms with Gasteiger partial charge in [-0.1, -0.05) is 48.2 Å². The van der Waals surface area contributed by atoms with Crippen molar-refractivity contribution in [3.05, 3.63) is 72.1 Å². The van der Waals surface area contributed by atoms with Gasteiger partial charge >= 0.3 is 5.88 Å². The number of benzene rings is 2. The van der Waals surface area contributed by atoms with Crippen LogP contribution in [0.2, 0.25) is 0 Å². The van der Waals surface area contributed by atoms with Crippen LogP contribution in [0.25, 0.3) is 6.08 Å². The first kappa shape index (κ1) is 24.0. The highest BCUT2D eigenvalue weighted by Crippen LogP contribution is 2.31. The summed E-state index contributed by atoms with van der Waals surface area (Å²) in [5, 5.41) is 18.3. The second-order valence-corrected chi connectivity index (χ2v) is 8.42. The molecule has 0 bridgehead atoms. The Balaban J connectivity index is 1.60.